The van der Waals surface area contributed by atoms with Crippen LogP contribution in [0.1, 0.15) is 19.4 Å². The summed E-state index contributed by atoms with van der Waals surface area (Å²) in [6.07, 6.45) is 0.701. The van der Waals surface area contributed by atoms with Gasteiger partial charge in [-0.2, -0.15) is 0 Å². The van der Waals surface area contributed by atoms with E-state index in [1.807, 2.05) is 18.7 Å². The number of hydrogen-bond acceptors (Lipinski definition) is 3. The van der Waals surface area contributed by atoms with Crippen LogP contribution in [0.2, 0.25) is 0 Å². The van der Waals surface area contributed by atoms with Gasteiger partial charge in [0.2, 0.25) is 10.0 Å². The van der Waals surface area contributed by atoms with E-state index in [1.54, 1.807) is 12.1 Å². The molecule has 0 aliphatic heterocycles. The third-order valence-corrected chi connectivity index (χ3v) is 3.94. The normalized spacial score (nSPS) is 12.4. The first kappa shape index (κ1) is 16.5. The van der Waals surface area contributed by atoms with Crippen LogP contribution in [-0.4, -0.2) is 38.9 Å². The Morgan fingerprint density at radius 3 is 2.20 bits per heavy atom. The van der Waals surface area contributed by atoms with Gasteiger partial charge in [0.15, 0.2) is 5.96 Å². The van der Waals surface area contributed by atoms with Gasteiger partial charge in [0.05, 0.1) is 4.90 Å². The number of hydrogen-bond donors (Lipinski definition) is 2. The van der Waals surface area contributed by atoms with E-state index < -0.39 is 10.0 Å². The lowest BCUT2D eigenvalue weighted by atomic mass is 10.1. The molecular formula is C13H22N4O2S. The van der Waals surface area contributed by atoms with Crippen LogP contribution in [0.5, 0.6) is 0 Å². The zero-order chi connectivity index (χ0) is 15.2. The average molecular weight is 298 g/mol. The molecule has 0 heterocycles. The molecule has 4 N–H and O–H groups in total. The van der Waals surface area contributed by atoms with E-state index in [9.17, 15) is 8.42 Å². The van der Waals surface area contributed by atoms with E-state index in [1.165, 1.54) is 12.1 Å². The number of aliphatic imine (C=N–C) groups is 1. The van der Waals surface area contributed by atoms with Crippen LogP contribution in [0.25, 0.3) is 0 Å². The summed E-state index contributed by atoms with van der Waals surface area (Å²) < 4.78 is 22.2. The molecule has 0 amide bonds. The molecular weight excluding hydrogens is 276 g/mol. The predicted molar refractivity (Wildman–Crippen MR) is 80.9 cm³/mol. The van der Waals surface area contributed by atoms with Gasteiger partial charge >= 0.3 is 0 Å². The highest BCUT2D eigenvalue weighted by atomic mass is 32.2. The fourth-order valence-corrected chi connectivity index (χ4v) is 2.31. The molecule has 0 fully saturated rings. The molecule has 0 saturated carbocycles. The molecule has 20 heavy (non-hydrogen) atoms. The van der Waals surface area contributed by atoms with Crippen molar-refractivity contribution in [2.75, 3.05) is 19.6 Å². The molecule has 0 aliphatic carbocycles. The Hall–Kier alpha value is -1.60. The van der Waals surface area contributed by atoms with Gasteiger partial charge in [0, 0.05) is 19.6 Å². The highest BCUT2D eigenvalue weighted by Crippen LogP contribution is 2.09. The largest absolute Gasteiger partial charge is 0.370 e. The van der Waals surface area contributed by atoms with E-state index in [0.29, 0.717) is 18.9 Å². The van der Waals surface area contributed by atoms with Crippen LogP contribution in [0, 0.1) is 0 Å². The minimum Gasteiger partial charge on any atom is -0.370 e. The van der Waals surface area contributed by atoms with Gasteiger partial charge in [-0.3, -0.25) is 4.99 Å². The minimum absolute atomic E-state index is 0.118. The van der Waals surface area contributed by atoms with E-state index >= 15 is 0 Å². The molecule has 0 spiro atoms. The summed E-state index contributed by atoms with van der Waals surface area (Å²) in [7, 11) is -3.63. The zero-order valence-electron chi connectivity index (χ0n) is 11.9. The van der Waals surface area contributed by atoms with Gasteiger partial charge in [-0.25, -0.2) is 13.6 Å². The van der Waals surface area contributed by atoms with Crippen LogP contribution in [0.4, 0.5) is 0 Å². The molecule has 7 heteroatoms. The van der Waals surface area contributed by atoms with Crippen molar-refractivity contribution in [2.45, 2.75) is 25.2 Å². The number of sulfonamides is 1. The van der Waals surface area contributed by atoms with Crippen molar-refractivity contribution in [3.05, 3.63) is 29.8 Å². The van der Waals surface area contributed by atoms with E-state index in [4.69, 9.17) is 10.9 Å². The SMILES string of the molecule is CCN(CC)C(N)=NCCc1ccc(S(N)(=O)=O)cc1. The Labute approximate surface area is 120 Å². The van der Waals surface area contributed by atoms with Crippen molar-refractivity contribution in [3.63, 3.8) is 0 Å². The Kier molecular flexibility index (Phi) is 5.97. The second-order valence-electron chi connectivity index (χ2n) is 4.35. The standard InChI is InChI=1S/C13H22N4O2S/c1-3-17(4-2)13(14)16-10-9-11-5-7-12(8-6-11)20(15,18)19/h5-8H,3-4,9-10H2,1-2H3,(H2,14,16)(H2,15,18,19). The third-order valence-electron chi connectivity index (χ3n) is 3.01. The first-order valence-corrected chi connectivity index (χ1v) is 8.09. The molecule has 0 saturated heterocycles. The molecule has 0 aliphatic rings. The summed E-state index contributed by atoms with van der Waals surface area (Å²) in [5.41, 5.74) is 6.86. The van der Waals surface area contributed by atoms with Gasteiger partial charge < -0.3 is 10.6 Å². The number of rotatable bonds is 6. The smallest absolute Gasteiger partial charge is 0.238 e. The molecule has 112 valence electrons. The second kappa shape index (κ2) is 7.25. The van der Waals surface area contributed by atoms with Crippen LogP contribution < -0.4 is 10.9 Å². The second-order valence-corrected chi connectivity index (χ2v) is 5.91. The average Bonchev–Trinajstić information content (AvgIpc) is 2.39. The minimum atomic E-state index is -3.63. The predicted octanol–water partition coefficient (Wildman–Crippen LogP) is 0.533. The van der Waals surface area contributed by atoms with Gasteiger partial charge in [0.1, 0.15) is 0 Å². The van der Waals surface area contributed by atoms with E-state index in [-0.39, 0.29) is 4.90 Å². The fraction of sp³-hybridized carbons (Fsp3) is 0.462. The monoisotopic (exact) mass is 298 g/mol. The molecule has 1 rings (SSSR count). The molecule has 0 aromatic heterocycles. The van der Waals surface area contributed by atoms with Gasteiger partial charge in [0.25, 0.3) is 0 Å². The third kappa shape index (κ3) is 4.82. The lowest BCUT2D eigenvalue weighted by molar-refractivity contribution is 0.458. The summed E-state index contributed by atoms with van der Waals surface area (Å²) in [5, 5.41) is 5.04. The Bertz CT molecular complexity index is 548. The molecule has 6 nitrogen and oxygen atoms in total. The van der Waals surface area contributed by atoms with Gasteiger partial charge in [-0.1, -0.05) is 12.1 Å². The van der Waals surface area contributed by atoms with Crippen molar-refractivity contribution >= 4 is 16.0 Å². The Balaban J connectivity index is 2.61. The van der Waals surface area contributed by atoms with Crippen LogP contribution >= 0.6 is 0 Å². The molecule has 0 radical (unpaired) electrons. The maximum Gasteiger partial charge on any atom is 0.238 e. The van der Waals surface area contributed by atoms with Crippen LogP contribution in [0.3, 0.4) is 0 Å². The lowest BCUT2D eigenvalue weighted by Crippen LogP contribution is -2.37. The van der Waals surface area contributed by atoms with Crippen LogP contribution in [0.15, 0.2) is 34.2 Å². The Morgan fingerprint density at radius 1 is 1.20 bits per heavy atom. The summed E-state index contributed by atoms with van der Waals surface area (Å²) in [6, 6.07) is 6.48. The summed E-state index contributed by atoms with van der Waals surface area (Å²) in [5.74, 6) is 0.538. The summed E-state index contributed by atoms with van der Waals surface area (Å²) in [6.45, 7) is 6.27. The van der Waals surface area contributed by atoms with Crippen molar-refractivity contribution in [3.8, 4) is 0 Å². The zero-order valence-corrected chi connectivity index (χ0v) is 12.7. The summed E-state index contributed by atoms with van der Waals surface area (Å²) in [4.78, 5) is 6.40. The number of benzene rings is 1. The summed E-state index contributed by atoms with van der Waals surface area (Å²) >= 11 is 0. The quantitative estimate of drug-likeness (QED) is 0.591. The number of nitrogens with zero attached hydrogens (tertiary/aromatic N) is 2. The highest BCUT2D eigenvalue weighted by molar-refractivity contribution is 7.89. The van der Waals surface area contributed by atoms with Gasteiger partial charge in [-0.15, -0.1) is 0 Å². The highest BCUT2D eigenvalue weighted by Gasteiger charge is 2.06. The van der Waals surface area contributed by atoms with E-state index in [0.717, 1.165) is 18.7 Å². The Morgan fingerprint density at radius 2 is 1.75 bits per heavy atom. The first-order valence-electron chi connectivity index (χ1n) is 6.55. The van der Waals surface area contributed by atoms with Crippen LogP contribution in [-0.2, 0) is 16.4 Å². The van der Waals surface area contributed by atoms with Gasteiger partial charge in [-0.05, 0) is 38.0 Å². The van der Waals surface area contributed by atoms with E-state index in [2.05, 4.69) is 4.99 Å². The lowest BCUT2D eigenvalue weighted by Gasteiger charge is -2.19. The maximum absolute atomic E-state index is 11.1. The van der Waals surface area contributed by atoms with Crippen molar-refractivity contribution in [1.29, 1.82) is 0 Å². The van der Waals surface area contributed by atoms with Crippen molar-refractivity contribution in [1.82, 2.24) is 4.90 Å². The van der Waals surface area contributed by atoms with Crippen molar-refractivity contribution < 1.29 is 8.42 Å². The molecule has 1 aromatic carbocycles. The topological polar surface area (TPSA) is 102 Å². The molecule has 1 aromatic rings. The fourth-order valence-electron chi connectivity index (χ4n) is 1.79. The molecule has 0 unspecified atom stereocenters. The van der Waals surface area contributed by atoms with Crippen molar-refractivity contribution in [2.24, 2.45) is 15.9 Å². The number of guanidine groups is 1. The first-order chi connectivity index (χ1) is 9.38. The number of primary sulfonamides is 1. The molecule has 0 atom stereocenters. The maximum atomic E-state index is 11.1. The number of nitrogens with two attached hydrogens (primary N) is 2. The molecule has 0 bridgehead atoms.